The van der Waals surface area contributed by atoms with E-state index in [-0.39, 0.29) is 30.6 Å². The predicted molar refractivity (Wildman–Crippen MR) is 100 cm³/mol. The van der Waals surface area contributed by atoms with E-state index in [0.29, 0.717) is 22.7 Å². The van der Waals surface area contributed by atoms with Crippen molar-refractivity contribution in [3.05, 3.63) is 51.7 Å². The van der Waals surface area contributed by atoms with Crippen molar-refractivity contribution in [1.29, 1.82) is 0 Å². The molecule has 1 aromatic carbocycles. The minimum atomic E-state index is -0.657. The third kappa shape index (κ3) is 3.61. The van der Waals surface area contributed by atoms with Crippen molar-refractivity contribution in [2.45, 2.75) is 31.3 Å². The maximum Gasteiger partial charge on any atom is 0.265 e. The number of carbonyl (C=O) groups excluding carboxylic acids is 2. The highest BCUT2D eigenvalue weighted by Crippen LogP contribution is 2.27. The van der Waals surface area contributed by atoms with Crippen LogP contribution in [0.25, 0.3) is 0 Å². The van der Waals surface area contributed by atoms with Crippen molar-refractivity contribution in [2.24, 2.45) is 0 Å². The van der Waals surface area contributed by atoms with Gasteiger partial charge in [-0.3, -0.25) is 9.59 Å². The fourth-order valence-electron chi connectivity index (χ4n) is 3.34. The molecule has 4 atom stereocenters. The van der Waals surface area contributed by atoms with Crippen LogP contribution < -0.4 is 10.6 Å². The highest BCUT2D eigenvalue weighted by molar-refractivity contribution is 7.12. The van der Waals surface area contributed by atoms with E-state index in [9.17, 15) is 14.7 Å². The zero-order valence-electron chi connectivity index (χ0n) is 14.7. The molecule has 2 aliphatic rings. The van der Waals surface area contributed by atoms with Crippen LogP contribution in [0.2, 0.25) is 0 Å². The minimum Gasteiger partial charge on any atom is -0.388 e. The quantitative estimate of drug-likeness (QED) is 0.739. The first-order chi connectivity index (χ1) is 13.0. The molecule has 0 unspecified atom stereocenters. The van der Waals surface area contributed by atoms with E-state index in [4.69, 9.17) is 9.47 Å². The highest BCUT2D eigenvalue weighted by atomic mass is 32.1. The number of aliphatic hydroxyl groups excluding tert-OH is 1. The Morgan fingerprint density at radius 3 is 2.74 bits per heavy atom. The Morgan fingerprint density at radius 1 is 1.15 bits per heavy atom. The molecule has 1 aromatic heterocycles. The largest absolute Gasteiger partial charge is 0.388 e. The number of ether oxygens (including phenoxy) is 2. The Morgan fingerprint density at radius 2 is 1.96 bits per heavy atom. The summed E-state index contributed by atoms with van der Waals surface area (Å²) in [7, 11) is 0. The second kappa shape index (κ2) is 7.40. The number of amides is 2. The molecule has 8 heteroatoms. The van der Waals surface area contributed by atoms with Crippen LogP contribution >= 0.6 is 11.3 Å². The Kier molecular flexibility index (Phi) is 4.96. The third-order valence-corrected chi connectivity index (χ3v) is 5.71. The summed E-state index contributed by atoms with van der Waals surface area (Å²) < 4.78 is 11.1. The van der Waals surface area contributed by atoms with Crippen LogP contribution in [0.15, 0.2) is 35.7 Å². The van der Waals surface area contributed by atoms with Gasteiger partial charge in [-0.05, 0) is 36.1 Å². The van der Waals surface area contributed by atoms with E-state index >= 15 is 0 Å². The lowest BCUT2D eigenvalue weighted by Gasteiger charge is -2.18. The first-order valence-corrected chi connectivity index (χ1v) is 9.58. The summed E-state index contributed by atoms with van der Waals surface area (Å²) in [6, 6.07) is 8.41. The Labute approximate surface area is 160 Å². The lowest BCUT2D eigenvalue weighted by molar-refractivity contribution is 0.0178. The van der Waals surface area contributed by atoms with E-state index in [1.807, 2.05) is 18.4 Å². The topological polar surface area (TPSA) is 96.9 Å². The van der Waals surface area contributed by atoms with Crippen LogP contribution in [0.3, 0.4) is 0 Å². The molecule has 4 rings (SSSR count). The number of anilines is 1. The van der Waals surface area contributed by atoms with Gasteiger partial charge in [0.2, 0.25) is 0 Å². The molecule has 142 valence electrons. The van der Waals surface area contributed by atoms with Crippen molar-refractivity contribution < 1.29 is 24.2 Å². The standard InChI is InChI=1S/C19H20N2O5S/c1-10-4-5-11(7-12(10)20-19(24)15-3-2-6-27-15)18(23)21-13-8-25-17-14(22)9-26-16(13)17/h2-7,13-14,16-17,22H,8-9H2,1H3,(H,20,24)(H,21,23)/t13-,14-,16-,17-/m1/s1. The van der Waals surface area contributed by atoms with Gasteiger partial charge in [0.05, 0.1) is 24.1 Å². The van der Waals surface area contributed by atoms with E-state index < -0.39 is 12.2 Å². The third-order valence-electron chi connectivity index (χ3n) is 4.84. The molecule has 2 aromatic rings. The van der Waals surface area contributed by atoms with Gasteiger partial charge in [0.1, 0.15) is 18.3 Å². The number of thiophene rings is 1. The van der Waals surface area contributed by atoms with E-state index in [2.05, 4.69) is 10.6 Å². The van der Waals surface area contributed by atoms with Crippen LogP contribution in [0.5, 0.6) is 0 Å². The number of fused-ring (bicyclic) bond motifs is 1. The summed E-state index contributed by atoms with van der Waals surface area (Å²) in [4.78, 5) is 25.5. The number of aliphatic hydroxyl groups is 1. The molecule has 2 saturated heterocycles. The van der Waals surface area contributed by atoms with E-state index in [1.54, 1.807) is 24.3 Å². The van der Waals surface area contributed by atoms with Crippen LogP contribution in [0.4, 0.5) is 5.69 Å². The molecule has 7 nitrogen and oxygen atoms in total. The molecule has 2 aliphatic heterocycles. The summed E-state index contributed by atoms with van der Waals surface area (Å²) >= 11 is 1.36. The van der Waals surface area contributed by atoms with Gasteiger partial charge in [-0.2, -0.15) is 0 Å². The second-order valence-corrected chi connectivity index (χ2v) is 7.65. The number of aryl methyl sites for hydroxylation is 1. The number of carbonyl (C=O) groups is 2. The van der Waals surface area contributed by atoms with Gasteiger partial charge >= 0.3 is 0 Å². The van der Waals surface area contributed by atoms with Crippen molar-refractivity contribution in [3.8, 4) is 0 Å². The zero-order chi connectivity index (χ0) is 19.0. The van der Waals surface area contributed by atoms with Crippen LogP contribution in [0, 0.1) is 6.92 Å². The Hall–Kier alpha value is -2.26. The molecule has 0 saturated carbocycles. The summed E-state index contributed by atoms with van der Waals surface area (Å²) in [5, 5.41) is 17.4. The average molecular weight is 388 g/mol. The van der Waals surface area contributed by atoms with Gasteiger partial charge in [-0.1, -0.05) is 12.1 Å². The van der Waals surface area contributed by atoms with Crippen molar-refractivity contribution >= 4 is 28.8 Å². The van der Waals surface area contributed by atoms with Gasteiger partial charge in [-0.25, -0.2) is 0 Å². The SMILES string of the molecule is Cc1ccc(C(=O)N[C@@H]2CO[C@H]3[C@@H]2OC[C@H]3O)cc1NC(=O)c1cccs1. The average Bonchev–Trinajstić information content (AvgIpc) is 3.37. The molecular formula is C19H20N2O5S. The summed E-state index contributed by atoms with van der Waals surface area (Å²) in [5.74, 6) is -0.480. The first-order valence-electron chi connectivity index (χ1n) is 8.70. The normalized spacial score (nSPS) is 26.6. The molecule has 3 N–H and O–H groups in total. The van der Waals surface area contributed by atoms with Crippen molar-refractivity contribution in [3.63, 3.8) is 0 Å². The fraction of sp³-hybridized carbons (Fsp3) is 0.368. The Balaban J connectivity index is 1.46. The summed E-state index contributed by atoms with van der Waals surface area (Å²) in [6.45, 7) is 2.38. The number of nitrogens with one attached hydrogen (secondary N) is 2. The van der Waals surface area contributed by atoms with Crippen molar-refractivity contribution in [1.82, 2.24) is 5.32 Å². The second-order valence-electron chi connectivity index (χ2n) is 6.70. The van der Waals surface area contributed by atoms with Crippen LogP contribution in [0.1, 0.15) is 25.6 Å². The number of hydrogen-bond donors (Lipinski definition) is 3. The summed E-state index contributed by atoms with van der Waals surface area (Å²) in [6.07, 6.45) is -1.39. The molecule has 27 heavy (non-hydrogen) atoms. The first kappa shape index (κ1) is 18.1. The monoisotopic (exact) mass is 388 g/mol. The maximum absolute atomic E-state index is 12.7. The Bertz CT molecular complexity index is 854. The van der Waals surface area contributed by atoms with Gasteiger partial charge in [0.15, 0.2) is 0 Å². The molecular weight excluding hydrogens is 368 g/mol. The molecule has 0 bridgehead atoms. The number of rotatable bonds is 4. The van der Waals surface area contributed by atoms with Gasteiger partial charge in [0.25, 0.3) is 11.8 Å². The highest BCUT2D eigenvalue weighted by Gasteiger charge is 2.47. The number of hydrogen-bond acceptors (Lipinski definition) is 6. The fourth-order valence-corrected chi connectivity index (χ4v) is 3.96. The maximum atomic E-state index is 12.7. The van der Waals surface area contributed by atoms with Crippen LogP contribution in [-0.2, 0) is 9.47 Å². The number of benzene rings is 1. The minimum absolute atomic E-state index is 0.203. The molecule has 0 radical (unpaired) electrons. The molecule has 2 fully saturated rings. The zero-order valence-corrected chi connectivity index (χ0v) is 15.5. The molecule has 3 heterocycles. The molecule has 2 amide bonds. The lowest BCUT2D eigenvalue weighted by atomic mass is 10.1. The van der Waals surface area contributed by atoms with Gasteiger partial charge in [-0.15, -0.1) is 11.3 Å². The smallest absolute Gasteiger partial charge is 0.265 e. The van der Waals surface area contributed by atoms with Gasteiger partial charge < -0.3 is 25.2 Å². The van der Waals surface area contributed by atoms with Crippen molar-refractivity contribution in [2.75, 3.05) is 18.5 Å². The molecule has 0 spiro atoms. The van der Waals surface area contributed by atoms with E-state index in [0.717, 1.165) is 5.56 Å². The van der Waals surface area contributed by atoms with E-state index in [1.165, 1.54) is 11.3 Å². The van der Waals surface area contributed by atoms with Gasteiger partial charge in [0, 0.05) is 11.3 Å². The lowest BCUT2D eigenvalue weighted by Crippen LogP contribution is -2.44. The summed E-state index contributed by atoms with van der Waals surface area (Å²) in [5.41, 5.74) is 1.89. The predicted octanol–water partition coefficient (Wildman–Crippen LogP) is 1.57. The molecule has 0 aliphatic carbocycles. The van der Waals surface area contributed by atoms with Crippen LogP contribution in [-0.4, -0.2) is 54.5 Å².